The first-order valence-electron chi connectivity index (χ1n) is 26.8. The Hall–Kier alpha value is 3.13. The van der Waals surface area contributed by atoms with Crippen molar-refractivity contribution < 1.29 is 27.9 Å². The normalized spacial score (nSPS) is 16.0. The number of halogens is 1. The van der Waals surface area contributed by atoms with E-state index in [2.05, 4.69) is 173 Å². The summed E-state index contributed by atoms with van der Waals surface area (Å²) >= 11 is 26.0. The van der Waals surface area contributed by atoms with Crippen molar-refractivity contribution >= 4 is 393 Å². The molecule has 4 aromatic heterocycles. The van der Waals surface area contributed by atoms with Crippen LogP contribution >= 0.6 is 38.6 Å². The number of hydrogen-bond donors (Lipinski definition) is 0. The molecule has 45 heteroatoms. The summed E-state index contributed by atoms with van der Waals surface area (Å²) in [6.07, 6.45) is 0. The Balaban J connectivity index is 0.000000171. The van der Waals surface area contributed by atoms with Crippen molar-refractivity contribution in [3.63, 3.8) is 0 Å². The molecule has 11 rings (SSSR count). The van der Waals surface area contributed by atoms with Crippen molar-refractivity contribution in [2.45, 2.75) is 117 Å². The summed E-state index contributed by atoms with van der Waals surface area (Å²) in [7, 11) is 44.0. The molecule has 3 aliphatic heterocycles. The Labute approximate surface area is 669 Å². The predicted octanol–water partition coefficient (Wildman–Crippen LogP) is 12.9. The van der Waals surface area contributed by atoms with Crippen LogP contribution in [0.15, 0.2) is 124 Å². The Kier molecular flexibility index (Phi) is 38.3. The molecule has 3 saturated heterocycles. The first kappa shape index (κ1) is 85.4. The number of rotatable bonds is 4. The van der Waals surface area contributed by atoms with Crippen molar-refractivity contribution in [2.24, 2.45) is 0 Å². The summed E-state index contributed by atoms with van der Waals surface area (Å²) in [5.74, 6) is 0. The van der Waals surface area contributed by atoms with E-state index in [9.17, 15) is 0 Å². The zero-order valence-corrected chi connectivity index (χ0v) is 80.0. The van der Waals surface area contributed by atoms with Crippen LogP contribution in [0.25, 0.3) is 55.0 Å². The number of aromatic nitrogens is 2. The van der Waals surface area contributed by atoms with Crippen LogP contribution in [-0.2, 0) is 312 Å². The molecule has 95 heavy (non-hydrogen) atoms. The lowest BCUT2D eigenvalue weighted by Crippen LogP contribution is -2.41. The molecule has 516 valence electrons. The Morgan fingerprint density at radius 1 is 0.316 bits per heavy atom. The molecular weight excluding hydrogens is 1900 g/mol. The molecule has 0 saturated carbocycles. The minimum Gasteiger partial charge on any atom is -0.405 e. The summed E-state index contributed by atoms with van der Waals surface area (Å²) in [6.45, 7) is 24.6. The third kappa shape index (κ3) is 24.6. The molecule has 7 heterocycles. The lowest BCUT2D eigenvalue weighted by molar-refractivity contribution is 0.00578. The van der Waals surface area contributed by atoms with E-state index in [1.807, 2.05) is 55.4 Å². The van der Waals surface area contributed by atoms with Gasteiger partial charge in [-0.1, -0.05) is 72.8 Å². The summed E-state index contributed by atoms with van der Waals surface area (Å²) in [4.78, 5) is 0. The van der Waals surface area contributed by atoms with Gasteiger partial charge in [0.2, 0.25) is 0 Å². The SMILES string of the molecule is Brc1sccc1-n1c2ccccc2c2ccccc21.CC1(C)OB(B2OC(C)(C)C(C)(C)O2)OC1(C)C.CC1(C)OB(c2sccc2-n2c3ccccc3c3ccccc32)OC1(C)C.S=S=S=S=S=S=S=S=S=S=S=S=S=S=S.S=S=S=S=S=S=S=S=S=S=S=S=S=S=S=S. The highest BCUT2D eigenvalue weighted by Crippen LogP contribution is 2.44. The fraction of sp³-hybridized carbons (Fsp3) is 0.360. The molecule has 0 bridgehead atoms. The van der Waals surface area contributed by atoms with Gasteiger partial charge in [0, 0.05) is 306 Å². The highest BCUT2D eigenvalue weighted by Gasteiger charge is 2.64. The quantitative estimate of drug-likeness (QED) is 0.159. The van der Waals surface area contributed by atoms with Crippen molar-refractivity contribution in [3.05, 3.63) is 124 Å². The van der Waals surface area contributed by atoms with Crippen LogP contribution in [0.3, 0.4) is 0 Å². The van der Waals surface area contributed by atoms with E-state index in [0.717, 1.165) is 10.5 Å². The highest BCUT2D eigenvalue weighted by molar-refractivity contribution is 9.11. The minimum atomic E-state index is -0.476. The summed E-state index contributed by atoms with van der Waals surface area (Å²) in [5.41, 5.74) is 5.12. The maximum absolute atomic E-state index is 6.35. The van der Waals surface area contributed by atoms with Crippen molar-refractivity contribution in [2.75, 3.05) is 0 Å². The molecule has 0 spiro atoms. The topological polar surface area (TPSA) is 65.2 Å². The highest BCUT2D eigenvalue weighted by atomic mass is 79.9. The van der Waals surface area contributed by atoms with Crippen LogP contribution in [0.2, 0.25) is 0 Å². The van der Waals surface area contributed by atoms with Gasteiger partial charge in [-0.2, -0.15) is 11.3 Å². The third-order valence-electron chi connectivity index (χ3n) is 14.8. The fourth-order valence-electron chi connectivity index (χ4n) is 8.70. The average molecular weight is 1950 g/mol. The molecule has 3 aliphatic rings. The average Bonchev–Trinajstić information content (AvgIpc) is 1.60. The molecule has 0 unspecified atom stereocenters. The van der Waals surface area contributed by atoms with Gasteiger partial charge in [0.05, 0.1) is 75.6 Å². The van der Waals surface area contributed by atoms with E-state index in [1.54, 1.807) is 227 Å². The second-order valence-corrected chi connectivity index (χ2v) is 72.6. The molecular formula is C50H56B3BrN2O6S33. The number of nitrogens with zero attached hydrogens (tertiary/aromatic N) is 2. The van der Waals surface area contributed by atoms with E-state index in [-0.39, 0.29) is 40.7 Å². The van der Waals surface area contributed by atoms with Crippen molar-refractivity contribution in [3.8, 4) is 11.4 Å². The molecule has 0 atom stereocenters. The lowest BCUT2D eigenvalue weighted by Gasteiger charge is -2.32. The molecule has 8 nitrogen and oxygen atoms in total. The largest absolute Gasteiger partial charge is 0.507 e. The van der Waals surface area contributed by atoms with Gasteiger partial charge in [-0.25, -0.2) is 0 Å². The molecule has 8 aromatic rings. The summed E-state index contributed by atoms with van der Waals surface area (Å²) < 4.78 is 43.5. The molecule has 4 aromatic carbocycles. The van der Waals surface area contributed by atoms with Crippen LogP contribution in [0.1, 0.15) is 83.1 Å². The van der Waals surface area contributed by atoms with Gasteiger partial charge in [0.25, 0.3) is 0 Å². The molecule has 0 radical (unpaired) electrons. The fourth-order valence-corrected chi connectivity index (χ4v) is 73.9. The van der Waals surface area contributed by atoms with Gasteiger partial charge in [-0.15, -0.1) is 11.3 Å². The second kappa shape index (κ2) is 42.6. The Bertz CT molecular complexity index is 5150. The van der Waals surface area contributed by atoms with Crippen molar-refractivity contribution in [1.82, 2.24) is 9.13 Å². The lowest BCUT2D eigenvalue weighted by atomic mass is 9.49. The first-order valence-corrected chi connectivity index (χ1v) is 68.0. The van der Waals surface area contributed by atoms with Crippen molar-refractivity contribution in [1.29, 1.82) is 0 Å². The Morgan fingerprint density at radius 2 is 0.547 bits per heavy atom. The third-order valence-corrected chi connectivity index (χ3v) is 73.0. The van der Waals surface area contributed by atoms with Gasteiger partial charge in [-0.3, -0.25) is 0 Å². The van der Waals surface area contributed by atoms with Crippen LogP contribution in [0, 0.1) is 0 Å². The number of para-hydroxylation sites is 4. The number of thiophene rings is 2. The van der Waals surface area contributed by atoms with Gasteiger partial charge >= 0.3 is 21.1 Å². The summed E-state index contributed by atoms with van der Waals surface area (Å²) in [6, 6.07) is 38.6. The zero-order valence-electron chi connectivity index (χ0n) is 51.5. The van der Waals surface area contributed by atoms with E-state index < -0.39 is 14.0 Å². The van der Waals surface area contributed by atoms with E-state index in [1.165, 1.54) is 88.6 Å². The van der Waals surface area contributed by atoms with Crippen LogP contribution in [0.4, 0.5) is 0 Å². The second-order valence-electron chi connectivity index (χ2n) is 21.7. The number of hydrogen-bond acceptors (Lipinski definition) is 12. The maximum atomic E-state index is 6.35. The van der Waals surface area contributed by atoms with E-state index in [4.69, 9.17) is 72.7 Å². The molecule has 0 N–H and O–H groups in total. The van der Waals surface area contributed by atoms with Gasteiger partial charge in [0.15, 0.2) is 0 Å². The van der Waals surface area contributed by atoms with Crippen LogP contribution in [0.5, 0.6) is 0 Å². The first-order chi connectivity index (χ1) is 45.5. The van der Waals surface area contributed by atoms with E-state index >= 15 is 0 Å². The number of benzene rings is 4. The summed E-state index contributed by atoms with van der Waals surface area (Å²) in [5, 5.41) is 9.37. The molecule has 0 amide bonds. The number of fused-ring (bicyclic) bond motifs is 6. The standard InChI is InChI=1S/C22H22BNO2S.C16H10BrNS.C12H24B2O4.S16.S15/c1-21(2)22(3,4)26-23(25-21)20-19(13-14-27-20)24-17-11-7-5-9-15(17)16-10-6-8-12-18(16)24;17-16-15(9-10-19-16)18-13-7-3-1-5-11(13)12-6-2-4-8-14(12)18;1-9(2)10(3,4)16-13(15-9)14-17-11(5,6)12(7,8)18-14;1-3-5-7-9-11-13-15-16-14-12-10-8-6-4-2;1-3-5-7-9-11-13-15-14-12-10-8-6-4-2/h5-14H,1-4H3;1-10H;1-8H3;;. The van der Waals surface area contributed by atoms with E-state index in [0.29, 0.717) is 0 Å². The monoisotopic (exact) mass is 1950 g/mol. The molecule has 3 fully saturated rings. The minimum absolute atomic E-state index is 0.347. The maximum Gasteiger partial charge on any atom is 0.507 e. The van der Waals surface area contributed by atoms with Crippen LogP contribution < -0.4 is 4.78 Å². The zero-order chi connectivity index (χ0) is 68.7. The smallest absolute Gasteiger partial charge is 0.405 e. The van der Waals surface area contributed by atoms with Gasteiger partial charge in [-0.05, 0) is 146 Å². The van der Waals surface area contributed by atoms with Gasteiger partial charge < -0.3 is 37.1 Å². The molecule has 0 aliphatic carbocycles. The Morgan fingerprint density at radius 3 is 0.811 bits per heavy atom. The van der Waals surface area contributed by atoms with Crippen LogP contribution in [-0.4, -0.2) is 63.9 Å². The van der Waals surface area contributed by atoms with Gasteiger partial charge in [0.1, 0.15) is 0 Å². The predicted molar refractivity (Wildman–Crippen MR) is 501 cm³/mol.